The van der Waals surface area contributed by atoms with Gasteiger partial charge < -0.3 is 5.11 Å². The predicted octanol–water partition coefficient (Wildman–Crippen LogP) is 3.69. The maximum Gasteiger partial charge on any atom is 0.105 e. The van der Waals surface area contributed by atoms with E-state index >= 15 is 0 Å². The molecule has 2 aromatic rings. The molecule has 2 aromatic carbocycles. The van der Waals surface area contributed by atoms with E-state index < -0.39 is 6.10 Å². The standard InChI is InChI=1S/C16H18O/c1-11-8-9-15(13(3)10-11)16(17)14-7-5-4-6-12(14)2/h4-10,16-17H,1-3H3/t16-/m0/s1. The van der Waals surface area contributed by atoms with Crippen molar-refractivity contribution in [2.45, 2.75) is 26.9 Å². The highest BCUT2D eigenvalue weighted by Crippen LogP contribution is 2.27. The van der Waals surface area contributed by atoms with Crippen molar-refractivity contribution in [3.05, 3.63) is 70.3 Å². The van der Waals surface area contributed by atoms with Gasteiger partial charge in [0.25, 0.3) is 0 Å². The van der Waals surface area contributed by atoms with Crippen LogP contribution in [0.2, 0.25) is 0 Å². The fraction of sp³-hybridized carbons (Fsp3) is 0.250. The minimum atomic E-state index is -0.531. The largest absolute Gasteiger partial charge is 0.384 e. The number of aliphatic hydroxyl groups is 1. The summed E-state index contributed by atoms with van der Waals surface area (Å²) in [5.74, 6) is 0. The smallest absolute Gasteiger partial charge is 0.105 e. The number of benzene rings is 2. The number of hydrogen-bond acceptors (Lipinski definition) is 1. The average molecular weight is 226 g/mol. The van der Waals surface area contributed by atoms with Gasteiger partial charge in [-0.05, 0) is 43.0 Å². The van der Waals surface area contributed by atoms with Crippen LogP contribution in [0.3, 0.4) is 0 Å². The molecular formula is C16H18O. The first-order valence-corrected chi connectivity index (χ1v) is 5.90. The van der Waals surface area contributed by atoms with Crippen molar-refractivity contribution in [1.29, 1.82) is 0 Å². The third-order valence-electron chi connectivity index (χ3n) is 3.20. The van der Waals surface area contributed by atoms with Crippen LogP contribution < -0.4 is 0 Å². The van der Waals surface area contributed by atoms with Crippen molar-refractivity contribution in [2.24, 2.45) is 0 Å². The van der Waals surface area contributed by atoms with Gasteiger partial charge in [0.1, 0.15) is 6.10 Å². The third-order valence-corrected chi connectivity index (χ3v) is 3.20. The summed E-state index contributed by atoms with van der Waals surface area (Å²) in [7, 11) is 0. The highest BCUT2D eigenvalue weighted by molar-refractivity contribution is 5.40. The Hall–Kier alpha value is -1.60. The fourth-order valence-corrected chi connectivity index (χ4v) is 2.19. The lowest BCUT2D eigenvalue weighted by Gasteiger charge is -2.16. The molecule has 0 heterocycles. The maximum absolute atomic E-state index is 10.4. The Labute approximate surface area is 103 Å². The molecule has 0 aliphatic rings. The minimum absolute atomic E-state index is 0.531. The predicted molar refractivity (Wildman–Crippen MR) is 71.2 cm³/mol. The second-order valence-electron chi connectivity index (χ2n) is 4.62. The Morgan fingerprint density at radius 2 is 1.47 bits per heavy atom. The average Bonchev–Trinajstić information content (AvgIpc) is 2.29. The van der Waals surface area contributed by atoms with Crippen LogP contribution in [-0.4, -0.2) is 5.11 Å². The van der Waals surface area contributed by atoms with Crippen molar-refractivity contribution in [3.8, 4) is 0 Å². The minimum Gasteiger partial charge on any atom is -0.384 e. The van der Waals surface area contributed by atoms with Gasteiger partial charge in [0, 0.05) is 0 Å². The van der Waals surface area contributed by atoms with Crippen molar-refractivity contribution in [3.63, 3.8) is 0 Å². The lowest BCUT2D eigenvalue weighted by atomic mass is 9.94. The van der Waals surface area contributed by atoms with Gasteiger partial charge in [-0.1, -0.05) is 48.0 Å². The quantitative estimate of drug-likeness (QED) is 0.828. The van der Waals surface area contributed by atoms with E-state index in [1.807, 2.05) is 50.2 Å². The van der Waals surface area contributed by atoms with E-state index in [9.17, 15) is 5.11 Å². The van der Waals surface area contributed by atoms with Crippen LogP contribution >= 0.6 is 0 Å². The van der Waals surface area contributed by atoms with Crippen LogP contribution in [0.4, 0.5) is 0 Å². The molecule has 17 heavy (non-hydrogen) atoms. The molecule has 0 spiro atoms. The lowest BCUT2D eigenvalue weighted by Crippen LogP contribution is -2.04. The van der Waals surface area contributed by atoms with E-state index in [2.05, 4.69) is 13.0 Å². The number of aryl methyl sites for hydroxylation is 3. The molecule has 1 atom stereocenters. The first kappa shape index (κ1) is 11.9. The fourth-order valence-electron chi connectivity index (χ4n) is 2.19. The van der Waals surface area contributed by atoms with Gasteiger partial charge in [-0.25, -0.2) is 0 Å². The van der Waals surface area contributed by atoms with Crippen LogP contribution in [0, 0.1) is 20.8 Å². The monoisotopic (exact) mass is 226 g/mol. The van der Waals surface area contributed by atoms with Crippen LogP contribution in [0.5, 0.6) is 0 Å². The molecule has 0 aliphatic heterocycles. The molecule has 0 radical (unpaired) electrons. The summed E-state index contributed by atoms with van der Waals surface area (Å²) in [6.45, 7) is 6.14. The van der Waals surface area contributed by atoms with Crippen molar-refractivity contribution in [1.82, 2.24) is 0 Å². The van der Waals surface area contributed by atoms with E-state index in [-0.39, 0.29) is 0 Å². The van der Waals surface area contributed by atoms with Gasteiger partial charge >= 0.3 is 0 Å². The third kappa shape index (κ3) is 2.40. The summed E-state index contributed by atoms with van der Waals surface area (Å²) >= 11 is 0. The number of rotatable bonds is 2. The molecule has 0 amide bonds. The van der Waals surface area contributed by atoms with Crippen LogP contribution in [-0.2, 0) is 0 Å². The molecule has 0 saturated carbocycles. The molecule has 0 aromatic heterocycles. The molecule has 0 bridgehead atoms. The summed E-state index contributed by atoms with van der Waals surface area (Å²) < 4.78 is 0. The Kier molecular flexibility index (Phi) is 3.30. The molecule has 0 unspecified atom stereocenters. The Bertz CT molecular complexity index is 529. The zero-order chi connectivity index (χ0) is 12.4. The van der Waals surface area contributed by atoms with Gasteiger partial charge in [0.05, 0.1) is 0 Å². The summed E-state index contributed by atoms with van der Waals surface area (Å²) in [6, 6.07) is 14.1. The lowest BCUT2D eigenvalue weighted by molar-refractivity contribution is 0.219. The molecule has 2 rings (SSSR count). The van der Waals surface area contributed by atoms with E-state index in [0.717, 1.165) is 22.3 Å². The first-order valence-electron chi connectivity index (χ1n) is 5.90. The zero-order valence-corrected chi connectivity index (χ0v) is 10.6. The Balaban J connectivity index is 2.44. The van der Waals surface area contributed by atoms with Crippen molar-refractivity contribution >= 4 is 0 Å². The Morgan fingerprint density at radius 1 is 0.824 bits per heavy atom. The molecular weight excluding hydrogens is 208 g/mol. The summed E-state index contributed by atoms with van der Waals surface area (Å²) in [5.41, 5.74) is 5.47. The maximum atomic E-state index is 10.4. The van der Waals surface area contributed by atoms with Crippen LogP contribution in [0.1, 0.15) is 33.9 Å². The highest BCUT2D eigenvalue weighted by atomic mass is 16.3. The van der Waals surface area contributed by atoms with Crippen LogP contribution in [0.25, 0.3) is 0 Å². The summed E-state index contributed by atoms with van der Waals surface area (Å²) in [4.78, 5) is 0. The van der Waals surface area contributed by atoms with Gasteiger partial charge in [0.15, 0.2) is 0 Å². The van der Waals surface area contributed by atoms with E-state index in [1.54, 1.807) is 0 Å². The first-order chi connectivity index (χ1) is 8.09. The van der Waals surface area contributed by atoms with Gasteiger partial charge in [-0.3, -0.25) is 0 Å². The molecule has 0 saturated heterocycles. The van der Waals surface area contributed by atoms with Crippen molar-refractivity contribution in [2.75, 3.05) is 0 Å². The molecule has 1 heteroatoms. The van der Waals surface area contributed by atoms with E-state index in [4.69, 9.17) is 0 Å². The molecule has 88 valence electrons. The summed E-state index contributed by atoms with van der Waals surface area (Å²) in [5, 5.41) is 10.4. The number of hydrogen-bond donors (Lipinski definition) is 1. The summed E-state index contributed by atoms with van der Waals surface area (Å²) in [6.07, 6.45) is -0.531. The van der Waals surface area contributed by atoms with Gasteiger partial charge in [-0.2, -0.15) is 0 Å². The van der Waals surface area contributed by atoms with Crippen molar-refractivity contribution < 1.29 is 5.11 Å². The Morgan fingerprint density at radius 3 is 2.12 bits per heavy atom. The molecule has 1 N–H and O–H groups in total. The van der Waals surface area contributed by atoms with Gasteiger partial charge in [-0.15, -0.1) is 0 Å². The van der Waals surface area contributed by atoms with Gasteiger partial charge in [0.2, 0.25) is 0 Å². The topological polar surface area (TPSA) is 20.2 Å². The van der Waals surface area contributed by atoms with Crippen LogP contribution in [0.15, 0.2) is 42.5 Å². The zero-order valence-electron chi connectivity index (χ0n) is 10.6. The highest BCUT2D eigenvalue weighted by Gasteiger charge is 2.14. The number of aliphatic hydroxyl groups excluding tert-OH is 1. The molecule has 0 fully saturated rings. The van der Waals surface area contributed by atoms with E-state index in [1.165, 1.54) is 5.56 Å². The SMILES string of the molecule is Cc1ccc([C@@H](O)c2ccccc2C)c(C)c1. The molecule has 0 aliphatic carbocycles. The second-order valence-corrected chi connectivity index (χ2v) is 4.62. The second kappa shape index (κ2) is 4.72. The van der Waals surface area contributed by atoms with E-state index in [0.29, 0.717) is 0 Å². The molecule has 1 nitrogen and oxygen atoms in total. The normalized spacial score (nSPS) is 12.5.